The van der Waals surface area contributed by atoms with E-state index in [0.29, 0.717) is 0 Å². The van der Waals surface area contributed by atoms with E-state index in [1.807, 2.05) is 0 Å². The number of hydrogen-bond donors (Lipinski definition) is 0. The van der Waals surface area contributed by atoms with E-state index >= 15 is 0 Å². The van der Waals surface area contributed by atoms with E-state index in [9.17, 15) is 8.42 Å². The van der Waals surface area contributed by atoms with Crippen LogP contribution in [-0.4, -0.2) is 8.42 Å². The molecule has 0 unspecified atom stereocenters. The summed E-state index contributed by atoms with van der Waals surface area (Å²) in [5.41, 5.74) is 0. The van der Waals surface area contributed by atoms with E-state index in [1.54, 1.807) is 12.1 Å². The second kappa shape index (κ2) is 5.51. The lowest BCUT2D eigenvalue weighted by atomic mass is 10.3. The fourth-order valence-electron chi connectivity index (χ4n) is 1.53. The van der Waals surface area contributed by atoms with Crippen LogP contribution in [0.1, 0.15) is 0 Å². The number of hydrogen-bond acceptors (Lipinski definition) is 2. The number of benzene rings is 2. The highest BCUT2D eigenvalue weighted by Gasteiger charge is 2.27. The van der Waals surface area contributed by atoms with Gasteiger partial charge >= 0.3 is 0 Å². The lowest BCUT2D eigenvalue weighted by Gasteiger charge is -2.10. The van der Waals surface area contributed by atoms with Crippen molar-refractivity contribution in [2.45, 2.75) is 9.79 Å². The summed E-state index contributed by atoms with van der Waals surface area (Å²) in [6, 6.07) is 8.84. The van der Waals surface area contributed by atoms with Gasteiger partial charge in [-0.25, -0.2) is 8.42 Å². The van der Waals surface area contributed by atoms with Gasteiger partial charge in [0.05, 0.1) is 25.0 Å². The summed E-state index contributed by atoms with van der Waals surface area (Å²) < 4.78 is 25.1. The highest BCUT2D eigenvalue weighted by Crippen LogP contribution is 2.39. The second-order valence-corrected chi connectivity index (χ2v) is 7.06. The molecule has 2 nitrogen and oxygen atoms in total. The molecular formula is C12H6Cl4O2S. The predicted octanol–water partition coefficient (Wildman–Crippen LogP) is 5.13. The van der Waals surface area contributed by atoms with Crippen molar-refractivity contribution >= 4 is 56.2 Å². The van der Waals surface area contributed by atoms with Crippen LogP contribution in [0.15, 0.2) is 46.2 Å². The summed E-state index contributed by atoms with van der Waals surface area (Å²) in [4.78, 5) is -0.306. The van der Waals surface area contributed by atoms with Gasteiger partial charge in [0.1, 0.15) is 4.90 Å². The van der Waals surface area contributed by atoms with Crippen molar-refractivity contribution in [2.75, 3.05) is 0 Å². The van der Waals surface area contributed by atoms with Crippen molar-refractivity contribution in [3.05, 3.63) is 56.5 Å². The molecule has 0 spiro atoms. The van der Waals surface area contributed by atoms with Crippen LogP contribution < -0.4 is 0 Å². The summed E-state index contributed by atoms with van der Waals surface area (Å²) in [6.45, 7) is 0. The molecule has 0 fully saturated rings. The Morgan fingerprint density at radius 1 is 0.737 bits per heavy atom. The minimum Gasteiger partial charge on any atom is -0.218 e. The average Bonchev–Trinajstić information content (AvgIpc) is 2.34. The zero-order chi connectivity index (χ0) is 14.2. The molecule has 2 rings (SSSR count). The van der Waals surface area contributed by atoms with Crippen LogP contribution in [0, 0.1) is 0 Å². The Bertz CT molecular complexity index is 741. The zero-order valence-corrected chi connectivity index (χ0v) is 13.0. The zero-order valence-electron chi connectivity index (χ0n) is 9.20. The van der Waals surface area contributed by atoms with Crippen molar-refractivity contribution in [2.24, 2.45) is 0 Å². The second-order valence-electron chi connectivity index (χ2n) is 3.61. The largest absolute Gasteiger partial charge is 0.218 e. The monoisotopic (exact) mass is 354 g/mol. The lowest BCUT2D eigenvalue weighted by Crippen LogP contribution is -2.04. The highest BCUT2D eigenvalue weighted by molar-refractivity contribution is 7.91. The number of sulfone groups is 1. The molecule has 0 aromatic heterocycles. The fraction of sp³-hybridized carbons (Fsp3) is 0. The van der Waals surface area contributed by atoms with Gasteiger partial charge in [-0.05, 0) is 24.3 Å². The summed E-state index contributed by atoms with van der Waals surface area (Å²) in [6.07, 6.45) is 0. The van der Waals surface area contributed by atoms with Crippen LogP contribution >= 0.6 is 46.4 Å². The van der Waals surface area contributed by atoms with Crippen LogP contribution in [0.25, 0.3) is 0 Å². The van der Waals surface area contributed by atoms with Gasteiger partial charge in [0.25, 0.3) is 0 Å². The molecule has 19 heavy (non-hydrogen) atoms. The van der Waals surface area contributed by atoms with Crippen LogP contribution in [-0.2, 0) is 9.84 Å². The van der Waals surface area contributed by atoms with Crippen LogP contribution in [0.4, 0.5) is 0 Å². The summed E-state index contributed by atoms with van der Waals surface area (Å²) in [5, 5.41) is 0.0784. The maximum Gasteiger partial charge on any atom is 0.211 e. The first-order valence-corrected chi connectivity index (χ1v) is 7.98. The van der Waals surface area contributed by atoms with Gasteiger partial charge in [-0.1, -0.05) is 58.5 Å². The SMILES string of the molecule is O=S(=O)(c1ccccc1Cl)c1c(Cl)ccc(Cl)c1Cl. The molecule has 0 atom stereocenters. The van der Waals surface area contributed by atoms with Crippen LogP contribution in [0.5, 0.6) is 0 Å². The molecule has 0 aliphatic carbocycles. The molecular weight excluding hydrogens is 350 g/mol. The molecule has 100 valence electrons. The van der Waals surface area contributed by atoms with Crippen molar-refractivity contribution < 1.29 is 8.42 Å². The quantitative estimate of drug-likeness (QED) is 0.699. The Morgan fingerprint density at radius 2 is 1.32 bits per heavy atom. The van der Waals surface area contributed by atoms with E-state index in [0.717, 1.165) is 0 Å². The van der Waals surface area contributed by atoms with E-state index in [4.69, 9.17) is 46.4 Å². The number of rotatable bonds is 2. The van der Waals surface area contributed by atoms with Gasteiger partial charge < -0.3 is 0 Å². The minimum absolute atomic E-state index is 0.00526. The summed E-state index contributed by atoms with van der Waals surface area (Å²) in [5.74, 6) is 0. The first kappa shape index (κ1) is 14.9. The molecule has 0 bridgehead atoms. The van der Waals surface area contributed by atoms with Crippen molar-refractivity contribution in [1.29, 1.82) is 0 Å². The third-order valence-electron chi connectivity index (χ3n) is 2.40. The summed E-state index contributed by atoms with van der Waals surface area (Å²) in [7, 11) is -3.93. The molecule has 0 saturated heterocycles. The normalized spacial score (nSPS) is 11.6. The fourth-order valence-corrected chi connectivity index (χ4v) is 4.63. The van der Waals surface area contributed by atoms with Gasteiger partial charge in [0.15, 0.2) is 0 Å². The molecule has 0 amide bonds. The van der Waals surface area contributed by atoms with Crippen LogP contribution in [0.3, 0.4) is 0 Å². The first-order chi connectivity index (χ1) is 8.85. The van der Waals surface area contributed by atoms with Gasteiger partial charge in [-0.3, -0.25) is 0 Å². The predicted molar refractivity (Wildman–Crippen MR) is 78.4 cm³/mol. The van der Waals surface area contributed by atoms with Crippen molar-refractivity contribution in [3.8, 4) is 0 Å². The molecule has 2 aromatic carbocycles. The molecule has 0 heterocycles. The third kappa shape index (κ3) is 2.71. The van der Waals surface area contributed by atoms with E-state index in [2.05, 4.69) is 0 Å². The smallest absolute Gasteiger partial charge is 0.211 e. The number of halogens is 4. The third-order valence-corrected chi connectivity index (χ3v) is 6.08. The first-order valence-electron chi connectivity index (χ1n) is 4.99. The van der Waals surface area contributed by atoms with E-state index in [-0.39, 0.29) is 29.9 Å². The molecule has 0 aliphatic heterocycles. The van der Waals surface area contributed by atoms with Gasteiger partial charge in [0, 0.05) is 0 Å². The Kier molecular flexibility index (Phi) is 4.33. The Labute approximate surface area is 130 Å². The van der Waals surface area contributed by atoms with Crippen molar-refractivity contribution in [3.63, 3.8) is 0 Å². The maximum atomic E-state index is 12.5. The minimum atomic E-state index is -3.93. The maximum absolute atomic E-state index is 12.5. The topological polar surface area (TPSA) is 34.1 Å². The lowest BCUT2D eigenvalue weighted by molar-refractivity contribution is 0.596. The van der Waals surface area contributed by atoms with Gasteiger partial charge in [0.2, 0.25) is 9.84 Å². The Balaban J connectivity index is 2.79. The van der Waals surface area contributed by atoms with Gasteiger partial charge in [-0.15, -0.1) is 0 Å². The Hall–Kier alpha value is -0.450. The van der Waals surface area contributed by atoms with E-state index < -0.39 is 9.84 Å². The highest BCUT2D eigenvalue weighted by atomic mass is 35.5. The van der Waals surface area contributed by atoms with E-state index in [1.165, 1.54) is 24.3 Å². The average molecular weight is 356 g/mol. The molecule has 0 N–H and O–H groups in total. The molecule has 7 heteroatoms. The van der Waals surface area contributed by atoms with Gasteiger partial charge in [-0.2, -0.15) is 0 Å². The van der Waals surface area contributed by atoms with Crippen LogP contribution in [0.2, 0.25) is 20.1 Å². The molecule has 0 aliphatic rings. The van der Waals surface area contributed by atoms with Crippen molar-refractivity contribution in [1.82, 2.24) is 0 Å². The Morgan fingerprint density at radius 3 is 1.95 bits per heavy atom. The standard InChI is InChI=1S/C12H6Cl4O2S/c13-7-3-1-2-4-10(7)19(17,18)12-9(15)6-5-8(14)11(12)16/h1-6H. The molecule has 2 aromatic rings. The molecule has 0 radical (unpaired) electrons. The molecule has 0 saturated carbocycles. The summed E-state index contributed by atoms with van der Waals surface area (Å²) >= 11 is 23.6.